The third-order valence-corrected chi connectivity index (χ3v) is 5.21. The third-order valence-electron chi connectivity index (χ3n) is 3.98. The molecule has 4 nitrogen and oxygen atoms in total. The maximum absolute atomic E-state index is 10.9. The molecule has 1 N–H and O–H groups in total. The van der Waals surface area contributed by atoms with Crippen molar-refractivity contribution in [2.75, 3.05) is 5.75 Å². The molecule has 0 bridgehead atoms. The topological polar surface area (TPSA) is 55.1 Å². The van der Waals surface area contributed by atoms with E-state index in [9.17, 15) is 4.79 Å². The molecule has 2 rings (SSSR count). The fourth-order valence-corrected chi connectivity index (χ4v) is 3.46. The molecule has 6 heteroatoms. The molecule has 0 aliphatic rings. The lowest BCUT2D eigenvalue weighted by molar-refractivity contribution is -0.133. The van der Waals surface area contributed by atoms with Crippen LogP contribution in [-0.4, -0.2) is 26.4 Å². The van der Waals surface area contributed by atoms with E-state index in [1.54, 1.807) is 0 Å². The van der Waals surface area contributed by atoms with Gasteiger partial charge in [0, 0.05) is 5.54 Å². The van der Waals surface area contributed by atoms with Crippen molar-refractivity contribution in [1.29, 1.82) is 0 Å². The van der Waals surface area contributed by atoms with Gasteiger partial charge in [-0.15, -0.1) is 0 Å². The summed E-state index contributed by atoms with van der Waals surface area (Å²) in [6.07, 6.45) is 1.83. The molecule has 0 aliphatic carbocycles. The maximum atomic E-state index is 10.9. The van der Waals surface area contributed by atoms with Gasteiger partial charge < -0.3 is 9.67 Å². The van der Waals surface area contributed by atoms with Gasteiger partial charge in [-0.2, -0.15) is 0 Å². The van der Waals surface area contributed by atoms with E-state index < -0.39 is 5.97 Å². The molecular formula is C15H19ClN2O2S. The zero-order valence-electron chi connectivity index (χ0n) is 12.4. The summed E-state index contributed by atoms with van der Waals surface area (Å²) in [7, 11) is 0. The monoisotopic (exact) mass is 326 g/mol. The van der Waals surface area contributed by atoms with Gasteiger partial charge in [-0.25, -0.2) is 4.98 Å². The first-order chi connectivity index (χ1) is 9.92. The minimum atomic E-state index is -0.848. The summed E-state index contributed by atoms with van der Waals surface area (Å²) in [5, 5.41) is 10.3. The summed E-state index contributed by atoms with van der Waals surface area (Å²) >= 11 is 7.61. The number of hydrogen-bond acceptors (Lipinski definition) is 3. The Morgan fingerprint density at radius 1 is 1.43 bits per heavy atom. The predicted octanol–water partition coefficient (Wildman–Crippen LogP) is 4.40. The lowest BCUT2D eigenvalue weighted by atomic mass is 9.95. The zero-order chi connectivity index (χ0) is 15.6. The van der Waals surface area contributed by atoms with Crippen LogP contribution in [0.15, 0.2) is 23.4 Å². The van der Waals surface area contributed by atoms with Crippen molar-refractivity contribution < 1.29 is 9.90 Å². The fourth-order valence-electron chi connectivity index (χ4n) is 2.35. The predicted molar refractivity (Wildman–Crippen MR) is 87.3 cm³/mol. The standard InChI is InChI=1S/C15H19ClN2O2S/c1-4-15(3,5-2)18-13-10(16)7-6-8-11(13)17-14(18)21-9-12(19)20/h6-8H,4-5,9H2,1-3H3,(H,19,20). The van der Waals surface area contributed by atoms with Gasteiger partial charge in [0.2, 0.25) is 0 Å². The quantitative estimate of drug-likeness (QED) is 0.799. The van der Waals surface area contributed by atoms with Crippen LogP contribution in [0.25, 0.3) is 11.0 Å². The summed E-state index contributed by atoms with van der Waals surface area (Å²) in [6, 6.07) is 5.62. The van der Waals surface area contributed by atoms with Crippen LogP contribution in [0, 0.1) is 0 Å². The molecule has 0 unspecified atom stereocenters. The first kappa shape index (κ1) is 16.2. The number of aromatic nitrogens is 2. The second-order valence-corrected chi connectivity index (χ2v) is 6.57. The van der Waals surface area contributed by atoms with Crippen LogP contribution < -0.4 is 0 Å². The average Bonchev–Trinajstić information content (AvgIpc) is 2.85. The lowest BCUT2D eigenvalue weighted by Crippen LogP contribution is -2.29. The largest absolute Gasteiger partial charge is 0.481 e. The Kier molecular flexibility index (Phi) is 4.84. The van der Waals surface area contributed by atoms with Crippen LogP contribution in [0.5, 0.6) is 0 Å². The Balaban J connectivity index is 2.67. The minimum Gasteiger partial charge on any atom is -0.481 e. The van der Waals surface area contributed by atoms with Crippen molar-refractivity contribution in [3.05, 3.63) is 23.2 Å². The summed E-state index contributed by atoms with van der Waals surface area (Å²) in [5.74, 6) is -0.857. The number of imidazole rings is 1. The Hall–Kier alpha value is -1.20. The van der Waals surface area contributed by atoms with Crippen LogP contribution in [0.2, 0.25) is 5.02 Å². The van der Waals surface area contributed by atoms with Crippen molar-refractivity contribution in [2.45, 2.75) is 44.3 Å². The van der Waals surface area contributed by atoms with Gasteiger partial charge in [0.1, 0.15) is 0 Å². The first-order valence-corrected chi connectivity index (χ1v) is 8.31. The number of hydrogen-bond donors (Lipinski definition) is 1. The van der Waals surface area contributed by atoms with E-state index in [-0.39, 0.29) is 11.3 Å². The molecule has 21 heavy (non-hydrogen) atoms. The smallest absolute Gasteiger partial charge is 0.313 e. The third kappa shape index (κ3) is 3.04. The highest BCUT2D eigenvalue weighted by molar-refractivity contribution is 7.99. The molecule has 0 saturated heterocycles. The molecule has 0 amide bonds. The molecule has 0 fully saturated rings. The molecule has 0 saturated carbocycles. The number of halogens is 1. The maximum Gasteiger partial charge on any atom is 0.313 e. The van der Waals surface area contributed by atoms with Gasteiger partial charge in [0.15, 0.2) is 5.16 Å². The molecular weight excluding hydrogens is 308 g/mol. The molecule has 1 aromatic heterocycles. The van der Waals surface area contributed by atoms with Gasteiger partial charge in [0.25, 0.3) is 0 Å². The SMILES string of the molecule is CCC(C)(CC)n1c(SCC(=O)O)nc2cccc(Cl)c21. The van der Waals surface area contributed by atoms with Gasteiger partial charge in [0.05, 0.1) is 21.8 Å². The molecule has 0 spiro atoms. The van der Waals surface area contributed by atoms with Crippen molar-refractivity contribution in [2.24, 2.45) is 0 Å². The Morgan fingerprint density at radius 3 is 2.67 bits per heavy atom. The van der Waals surface area contributed by atoms with Crippen LogP contribution >= 0.6 is 23.4 Å². The number of fused-ring (bicyclic) bond motifs is 1. The minimum absolute atomic E-state index is 0.00947. The normalized spacial score (nSPS) is 12.0. The van der Waals surface area contributed by atoms with E-state index >= 15 is 0 Å². The Bertz CT molecular complexity index is 665. The summed E-state index contributed by atoms with van der Waals surface area (Å²) in [6.45, 7) is 6.40. The number of carboxylic acid groups (broad SMARTS) is 1. The zero-order valence-corrected chi connectivity index (χ0v) is 14.0. The van der Waals surface area contributed by atoms with E-state index in [0.29, 0.717) is 10.2 Å². The Morgan fingerprint density at radius 2 is 2.10 bits per heavy atom. The number of benzene rings is 1. The molecule has 0 aliphatic heterocycles. The number of carbonyl (C=O) groups is 1. The molecule has 0 radical (unpaired) electrons. The van der Waals surface area contributed by atoms with E-state index in [1.165, 1.54) is 11.8 Å². The second-order valence-electron chi connectivity index (χ2n) is 5.22. The number of aliphatic carboxylic acids is 1. The molecule has 1 aromatic carbocycles. The first-order valence-electron chi connectivity index (χ1n) is 6.95. The number of rotatable bonds is 6. The molecule has 1 heterocycles. The van der Waals surface area contributed by atoms with Crippen LogP contribution in [-0.2, 0) is 10.3 Å². The van der Waals surface area contributed by atoms with E-state index in [0.717, 1.165) is 23.9 Å². The lowest BCUT2D eigenvalue weighted by Gasteiger charge is -2.31. The summed E-state index contributed by atoms with van der Waals surface area (Å²) < 4.78 is 2.11. The fraction of sp³-hybridized carbons (Fsp3) is 0.467. The number of carboxylic acids is 1. The van der Waals surface area contributed by atoms with Crippen molar-refractivity contribution >= 4 is 40.4 Å². The van der Waals surface area contributed by atoms with Crippen molar-refractivity contribution in [1.82, 2.24) is 9.55 Å². The summed E-state index contributed by atoms with van der Waals surface area (Å²) in [5.41, 5.74) is 1.56. The van der Waals surface area contributed by atoms with Gasteiger partial charge >= 0.3 is 5.97 Å². The summed E-state index contributed by atoms with van der Waals surface area (Å²) in [4.78, 5) is 15.5. The van der Waals surface area contributed by atoms with E-state index in [1.807, 2.05) is 18.2 Å². The van der Waals surface area contributed by atoms with E-state index in [2.05, 4.69) is 30.3 Å². The van der Waals surface area contributed by atoms with Crippen molar-refractivity contribution in [3.8, 4) is 0 Å². The van der Waals surface area contributed by atoms with Crippen LogP contribution in [0.1, 0.15) is 33.6 Å². The van der Waals surface area contributed by atoms with Crippen LogP contribution in [0.3, 0.4) is 0 Å². The second kappa shape index (κ2) is 6.28. The molecule has 0 atom stereocenters. The van der Waals surface area contributed by atoms with Crippen molar-refractivity contribution in [3.63, 3.8) is 0 Å². The van der Waals surface area contributed by atoms with E-state index in [4.69, 9.17) is 16.7 Å². The van der Waals surface area contributed by atoms with Crippen LogP contribution in [0.4, 0.5) is 0 Å². The van der Waals surface area contributed by atoms with Gasteiger partial charge in [-0.1, -0.05) is 43.3 Å². The Labute approximate surface area is 133 Å². The van der Waals surface area contributed by atoms with Gasteiger partial charge in [-0.05, 0) is 31.9 Å². The highest BCUT2D eigenvalue weighted by Gasteiger charge is 2.29. The number of nitrogens with zero attached hydrogens (tertiary/aromatic N) is 2. The average molecular weight is 327 g/mol. The molecule has 2 aromatic rings. The highest BCUT2D eigenvalue weighted by Crippen LogP contribution is 2.37. The number of thioether (sulfide) groups is 1. The number of para-hydroxylation sites is 1. The van der Waals surface area contributed by atoms with Gasteiger partial charge in [-0.3, -0.25) is 4.79 Å². The highest BCUT2D eigenvalue weighted by atomic mass is 35.5. The molecule has 114 valence electrons.